The molecule has 3 N–H and O–H groups in total. The van der Waals surface area contributed by atoms with Gasteiger partial charge in [-0.3, -0.25) is 0 Å². The molecule has 52 heavy (non-hydrogen) atoms. The molecule has 6 aromatic rings. The van der Waals surface area contributed by atoms with Crippen molar-refractivity contribution in [3.63, 3.8) is 0 Å². The molecule has 0 fully saturated rings. The number of aliphatic hydroxyl groups is 1. The summed E-state index contributed by atoms with van der Waals surface area (Å²) in [6, 6.07) is 41.4. The number of hydrogen-bond acceptors (Lipinski definition) is 8. The Hall–Kier alpha value is -5.51. The van der Waals surface area contributed by atoms with Gasteiger partial charge in [0.15, 0.2) is 15.6 Å². The fraction of sp³-hybridized carbons (Fsp3) is 0.209. The van der Waals surface area contributed by atoms with Crippen LogP contribution in [0.3, 0.4) is 0 Å². The van der Waals surface area contributed by atoms with Crippen LogP contribution in [0.2, 0.25) is 0 Å². The molecular weight excluding hydrogens is 673 g/mol. The molecule has 6 aromatic carbocycles. The molecule has 0 aliphatic carbocycles. The summed E-state index contributed by atoms with van der Waals surface area (Å²) in [4.78, 5) is 0.154. The Morgan fingerprint density at radius 1 is 0.635 bits per heavy atom. The van der Waals surface area contributed by atoms with Crippen LogP contribution >= 0.6 is 0 Å². The first-order valence-electron chi connectivity index (χ1n) is 16.7. The van der Waals surface area contributed by atoms with Gasteiger partial charge >= 0.3 is 0 Å². The zero-order valence-corrected chi connectivity index (χ0v) is 31.0. The first-order chi connectivity index (χ1) is 24.8. The molecule has 0 saturated carbocycles. The molecule has 0 aromatic heterocycles. The number of aromatic hydroxyl groups is 1. The SMILES string of the molecule is COc1ccc(C(C)(C)c2ccc(C(C)(c3ccc(CO)cc3)c3ccc(OC)cc3)cc2)cc1.CS(=O)(=O)c1cccc2c(O)c(N=N)ccc12. The van der Waals surface area contributed by atoms with Crippen molar-refractivity contribution in [2.45, 2.75) is 43.1 Å². The number of methoxy groups -OCH3 is 2. The molecule has 0 spiro atoms. The number of sulfone groups is 1. The van der Waals surface area contributed by atoms with Gasteiger partial charge < -0.3 is 19.7 Å². The van der Waals surface area contributed by atoms with E-state index >= 15 is 0 Å². The van der Waals surface area contributed by atoms with E-state index in [2.05, 4.69) is 86.5 Å². The summed E-state index contributed by atoms with van der Waals surface area (Å²) in [5, 5.41) is 23.3. The second-order valence-electron chi connectivity index (χ2n) is 13.3. The lowest BCUT2D eigenvalue weighted by Crippen LogP contribution is -2.26. The van der Waals surface area contributed by atoms with Gasteiger partial charge in [-0.1, -0.05) is 105 Å². The Morgan fingerprint density at radius 2 is 1.08 bits per heavy atom. The molecule has 6 rings (SSSR count). The van der Waals surface area contributed by atoms with Crippen LogP contribution in [-0.2, 0) is 27.3 Å². The third-order valence-corrected chi connectivity index (χ3v) is 11.0. The average Bonchev–Trinajstić information content (AvgIpc) is 3.17. The summed E-state index contributed by atoms with van der Waals surface area (Å²) in [6.07, 6.45) is 1.11. The highest BCUT2D eigenvalue weighted by Gasteiger charge is 2.32. The lowest BCUT2D eigenvalue weighted by Gasteiger charge is -2.33. The van der Waals surface area contributed by atoms with Crippen molar-refractivity contribution in [2.75, 3.05) is 20.5 Å². The Morgan fingerprint density at radius 3 is 1.52 bits per heavy atom. The summed E-state index contributed by atoms with van der Waals surface area (Å²) in [7, 11) is 0.0218. The minimum absolute atomic E-state index is 0.0364. The maximum atomic E-state index is 11.6. The van der Waals surface area contributed by atoms with Crippen LogP contribution in [0.15, 0.2) is 137 Å². The quantitative estimate of drug-likeness (QED) is 0.0957. The molecule has 0 saturated heterocycles. The fourth-order valence-electron chi connectivity index (χ4n) is 6.48. The Kier molecular flexibility index (Phi) is 11.2. The molecule has 8 nitrogen and oxygen atoms in total. The maximum Gasteiger partial charge on any atom is 0.176 e. The predicted octanol–water partition coefficient (Wildman–Crippen LogP) is 9.49. The number of rotatable bonds is 10. The van der Waals surface area contributed by atoms with E-state index in [0.29, 0.717) is 10.8 Å². The van der Waals surface area contributed by atoms with Gasteiger partial charge in [-0.05, 0) is 76.7 Å². The monoisotopic (exact) mass is 716 g/mol. The standard InChI is InChI=1S/C32H34O3.C11H10N2O3S/c1-31(2,25-14-18-29(34-4)19-15-25)24-10-12-27(13-11-24)32(3,26-8-6-23(22-33)7-9-26)28-16-20-30(35-5)21-17-28;1-17(15,16)10-4-2-3-8-7(10)5-6-9(13-12)11(8)14/h6-21,33H,22H2,1-5H3;2-6,12,14H,1H3. The number of phenols is 1. The van der Waals surface area contributed by atoms with Crippen molar-refractivity contribution in [3.05, 3.63) is 161 Å². The highest BCUT2D eigenvalue weighted by Crippen LogP contribution is 2.41. The molecule has 0 bridgehead atoms. The van der Waals surface area contributed by atoms with Gasteiger partial charge in [0.2, 0.25) is 0 Å². The number of phenolic OH excluding ortho intramolecular Hbond substituents is 1. The molecule has 0 heterocycles. The molecule has 0 aliphatic heterocycles. The highest BCUT2D eigenvalue weighted by molar-refractivity contribution is 7.91. The summed E-state index contributed by atoms with van der Waals surface area (Å²) >= 11 is 0. The van der Waals surface area contributed by atoms with Crippen molar-refractivity contribution >= 4 is 26.3 Å². The fourth-order valence-corrected chi connectivity index (χ4v) is 7.38. The Balaban J connectivity index is 0.000000257. The predicted molar refractivity (Wildman–Crippen MR) is 206 cm³/mol. The normalized spacial score (nSPS) is 12.7. The van der Waals surface area contributed by atoms with Crippen LogP contribution in [0.25, 0.3) is 10.8 Å². The average molecular weight is 717 g/mol. The van der Waals surface area contributed by atoms with Crippen LogP contribution < -0.4 is 9.47 Å². The van der Waals surface area contributed by atoms with E-state index < -0.39 is 9.84 Å². The van der Waals surface area contributed by atoms with E-state index in [4.69, 9.17) is 15.0 Å². The molecule has 0 aliphatic rings. The van der Waals surface area contributed by atoms with Gasteiger partial charge in [-0.15, -0.1) is 0 Å². The summed E-state index contributed by atoms with van der Waals surface area (Å²) < 4.78 is 33.9. The lowest BCUT2D eigenvalue weighted by molar-refractivity contribution is 0.282. The molecule has 0 amide bonds. The lowest BCUT2D eigenvalue weighted by atomic mass is 9.70. The van der Waals surface area contributed by atoms with Crippen molar-refractivity contribution in [2.24, 2.45) is 5.11 Å². The van der Waals surface area contributed by atoms with Crippen LogP contribution in [0.5, 0.6) is 17.2 Å². The number of benzene rings is 6. The van der Waals surface area contributed by atoms with Gasteiger partial charge in [0.25, 0.3) is 0 Å². The third-order valence-electron chi connectivity index (χ3n) is 9.87. The van der Waals surface area contributed by atoms with E-state index in [9.17, 15) is 18.6 Å². The van der Waals surface area contributed by atoms with Crippen LogP contribution in [0, 0.1) is 5.53 Å². The highest BCUT2D eigenvalue weighted by atomic mass is 32.2. The topological polar surface area (TPSA) is 129 Å². The van der Waals surface area contributed by atoms with E-state index in [1.807, 2.05) is 36.4 Å². The van der Waals surface area contributed by atoms with E-state index in [0.717, 1.165) is 23.3 Å². The number of aliphatic hydroxyl groups excluding tert-OH is 1. The number of ether oxygens (including phenoxy) is 2. The molecule has 9 heteroatoms. The summed E-state index contributed by atoms with van der Waals surface area (Å²) in [5.74, 6) is 1.52. The van der Waals surface area contributed by atoms with Crippen molar-refractivity contribution < 1.29 is 28.1 Å². The summed E-state index contributed by atoms with van der Waals surface area (Å²) in [5.41, 5.74) is 13.4. The number of fused-ring (bicyclic) bond motifs is 1. The van der Waals surface area contributed by atoms with Crippen LogP contribution in [0.1, 0.15) is 54.2 Å². The molecular formula is C43H44N2O6S. The van der Waals surface area contributed by atoms with Gasteiger partial charge in [-0.25, -0.2) is 13.9 Å². The number of nitrogens with one attached hydrogen (secondary N) is 1. The minimum atomic E-state index is -3.35. The Bertz CT molecular complexity index is 2220. The molecule has 268 valence electrons. The maximum absolute atomic E-state index is 11.6. The first kappa shape index (κ1) is 37.7. The largest absolute Gasteiger partial charge is 0.505 e. The third kappa shape index (κ3) is 7.56. The zero-order valence-electron chi connectivity index (χ0n) is 30.2. The first-order valence-corrected chi connectivity index (χ1v) is 18.6. The number of hydrogen-bond donors (Lipinski definition) is 3. The zero-order chi connectivity index (χ0) is 37.7. The van der Waals surface area contributed by atoms with Crippen molar-refractivity contribution in [3.8, 4) is 17.2 Å². The second-order valence-corrected chi connectivity index (χ2v) is 15.3. The van der Waals surface area contributed by atoms with Gasteiger partial charge in [0.05, 0.1) is 25.7 Å². The van der Waals surface area contributed by atoms with E-state index in [1.165, 1.54) is 39.9 Å². The minimum Gasteiger partial charge on any atom is -0.505 e. The van der Waals surface area contributed by atoms with Crippen LogP contribution in [-0.4, -0.2) is 39.1 Å². The van der Waals surface area contributed by atoms with Gasteiger partial charge in [0.1, 0.15) is 17.2 Å². The molecule has 1 atom stereocenters. The van der Waals surface area contributed by atoms with E-state index in [1.54, 1.807) is 32.4 Å². The smallest absolute Gasteiger partial charge is 0.176 e. The van der Waals surface area contributed by atoms with Gasteiger partial charge in [0, 0.05) is 27.9 Å². The second kappa shape index (κ2) is 15.4. The summed E-state index contributed by atoms with van der Waals surface area (Å²) in [6.45, 7) is 6.79. The van der Waals surface area contributed by atoms with Crippen molar-refractivity contribution in [1.29, 1.82) is 5.53 Å². The molecule has 0 radical (unpaired) electrons. The van der Waals surface area contributed by atoms with Crippen LogP contribution in [0.4, 0.5) is 5.69 Å². The Labute approximate surface area is 305 Å². The molecule has 1 unspecified atom stereocenters. The van der Waals surface area contributed by atoms with Crippen molar-refractivity contribution in [1.82, 2.24) is 0 Å². The number of nitrogens with zero attached hydrogens (tertiary/aromatic N) is 1. The van der Waals surface area contributed by atoms with E-state index in [-0.39, 0.29) is 33.8 Å². The van der Waals surface area contributed by atoms with Gasteiger partial charge in [-0.2, -0.15) is 5.11 Å².